The van der Waals surface area contributed by atoms with Gasteiger partial charge in [0.05, 0.1) is 5.75 Å². The third kappa shape index (κ3) is 3.74. The molecule has 0 fully saturated rings. The summed E-state index contributed by atoms with van der Waals surface area (Å²) < 4.78 is 34.1. The predicted octanol–water partition coefficient (Wildman–Crippen LogP) is -0.345. The lowest BCUT2D eigenvalue weighted by Crippen LogP contribution is -2.27. The lowest BCUT2D eigenvalue weighted by molar-refractivity contribution is -0.271. The summed E-state index contributed by atoms with van der Waals surface area (Å²) in [6.45, 7) is 0. The largest absolute Gasteiger partial charge is 1.00 e. The van der Waals surface area contributed by atoms with Crippen LogP contribution in [-0.2, 0) is 10.1 Å². The van der Waals surface area contributed by atoms with E-state index in [2.05, 4.69) is 4.74 Å². The summed E-state index contributed by atoms with van der Waals surface area (Å²) in [5, 5.41) is 10.0. The minimum atomic E-state index is -4.50. The second kappa shape index (κ2) is 4.96. The Labute approximate surface area is 91.6 Å². The molecule has 2 radical (unpaired) electrons. The first-order chi connectivity index (χ1) is 6.41. The second-order valence-electron chi connectivity index (χ2n) is 2.27. The summed E-state index contributed by atoms with van der Waals surface area (Å²) in [6.07, 6.45) is -1.90. The summed E-state index contributed by atoms with van der Waals surface area (Å²) in [7, 11) is -4.50. The maximum absolute atomic E-state index is 10.7. The van der Waals surface area contributed by atoms with Gasteiger partial charge >= 0.3 is 12.4 Å². The van der Waals surface area contributed by atoms with Crippen molar-refractivity contribution in [2.45, 2.75) is 4.90 Å². The molecular weight excluding hydrogens is 248 g/mol. The summed E-state index contributed by atoms with van der Waals surface area (Å²) in [5.74, 6) is -0.491. The zero-order chi connectivity index (χ0) is 10.8. The molecule has 1 rings (SSSR count). The Kier molecular flexibility index (Phi) is 4.53. The molecular formula is C7H5ClO6S. The number of benzene rings is 1. The Balaban J connectivity index is 0.00000196. The van der Waals surface area contributed by atoms with Gasteiger partial charge in [-0.3, -0.25) is 4.55 Å². The number of rotatable bonds is 2. The summed E-state index contributed by atoms with van der Waals surface area (Å²) in [5.41, 5.74) is 0. The van der Waals surface area contributed by atoms with Gasteiger partial charge in [-0.15, -0.1) is 0 Å². The Hall–Kier alpha value is -1.31. The molecule has 0 bridgehead atoms. The maximum atomic E-state index is 10.7. The average molecular weight is 253 g/mol. The van der Waals surface area contributed by atoms with Gasteiger partial charge in [-0.25, -0.2) is 0 Å². The minimum Gasteiger partial charge on any atom is -0.513 e. The first-order valence-corrected chi connectivity index (χ1v) is 4.80. The van der Waals surface area contributed by atoms with Crippen molar-refractivity contribution in [3.63, 3.8) is 0 Å². The number of carbonyl (C=O) groups excluding carboxylic acids is 1. The highest BCUT2D eigenvalue weighted by Gasteiger charge is 2.13. The molecule has 0 heterocycles. The van der Waals surface area contributed by atoms with Crippen molar-refractivity contribution in [1.82, 2.24) is 0 Å². The van der Waals surface area contributed by atoms with Crippen LogP contribution in [0.15, 0.2) is 29.2 Å². The highest BCUT2D eigenvalue weighted by Crippen LogP contribution is 2.22. The van der Waals surface area contributed by atoms with E-state index in [0.29, 0.717) is 0 Å². The van der Waals surface area contributed by atoms with Gasteiger partial charge < -0.3 is 14.6 Å². The zero-order valence-corrected chi connectivity index (χ0v) is 8.66. The van der Waals surface area contributed by atoms with E-state index in [4.69, 9.17) is 4.55 Å². The lowest BCUT2D eigenvalue weighted by Gasteiger charge is -2.10. The van der Waals surface area contributed by atoms with Crippen LogP contribution in [0.4, 0.5) is 4.79 Å². The van der Waals surface area contributed by atoms with Crippen molar-refractivity contribution in [2.24, 2.45) is 0 Å². The number of hydrogen-bond acceptors (Lipinski definition) is 5. The Morgan fingerprint density at radius 3 is 2.33 bits per heavy atom. The van der Waals surface area contributed by atoms with E-state index in [9.17, 15) is 18.3 Å². The van der Waals surface area contributed by atoms with Crippen LogP contribution in [0.5, 0.6) is 5.75 Å². The van der Waals surface area contributed by atoms with E-state index in [1.807, 2.05) is 0 Å². The zero-order valence-electron chi connectivity index (χ0n) is 7.08. The molecule has 0 spiro atoms. The third-order valence-electron chi connectivity index (χ3n) is 1.32. The monoisotopic (exact) mass is 252 g/mol. The van der Waals surface area contributed by atoms with Crippen LogP contribution in [0.25, 0.3) is 0 Å². The van der Waals surface area contributed by atoms with E-state index in [1.54, 1.807) is 0 Å². The molecule has 1 aromatic carbocycles. The van der Waals surface area contributed by atoms with Crippen molar-refractivity contribution in [3.05, 3.63) is 24.3 Å². The smallest absolute Gasteiger partial charge is 0.513 e. The van der Waals surface area contributed by atoms with Crippen LogP contribution < -0.4 is 9.84 Å². The molecule has 82 valence electrons. The average Bonchev–Trinajstić information content (AvgIpc) is 2.01. The van der Waals surface area contributed by atoms with E-state index in [-0.39, 0.29) is 12.4 Å². The molecule has 0 amide bonds. The van der Waals surface area contributed by atoms with Gasteiger partial charge in [0.25, 0.3) is 16.3 Å². The number of ether oxygens (including phenoxy) is 1. The quantitative estimate of drug-likeness (QED) is 0.438. The molecule has 0 aliphatic heterocycles. The minimum absolute atomic E-state index is 0. The summed E-state index contributed by atoms with van der Waals surface area (Å²) in [6, 6.07) is 4.75. The van der Waals surface area contributed by atoms with Gasteiger partial charge in [0.1, 0.15) is 4.90 Å². The van der Waals surface area contributed by atoms with Crippen LogP contribution in [-0.4, -0.2) is 19.1 Å². The standard InChI is InChI=1S/C7H6O6S.Cl/c8-7(9)13-5-3-1-2-4-6(5)14(10,11)12;/h1-4H,(H,8,9)(H,10,11,12);/q;+1/p-1. The summed E-state index contributed by atoms with van der Waals surface area (Å²) in [4.78, 5) is 9.42. The van der Waals surface area contributed by atoms with Gasteiger partial charge in [-0.05, 0) is 12.1 Å². The molecule has 0 unspecified atom stereocenters. The molecule has 0 saturated carbocycles. The molecule has 6 nitrogen and oxygen atoms in total. The third-order valence-corrected chi connectivity index (χ3v) is 2.21. The molecule has 1 N–H and O–H groups in total. The molecule has 0 atom stereocenters. The van der Waals surface area contributed by atoms with Gasteiger partial charge in [0, 0.05) is 0 Å². The lowest BCUT2D eigenvalue weighted by atomic mass is 10.3. The van der Waals surface area contributed by atoms with Gasteiger partial charge in [-0.1, -0.05) is 12.1 Å². The molecule has 15 heavy (non-hydrogen) atoms. The van der Waals surface area contributed by atoms with E-state index in [0.717, 1.165) is 12.1 Å². The van der Waals surface area contributed by atoms with Crippen LogP contribution >= 0.6 is 0 Å². The molecule has 1 aromatic rings. The normalized spacial score (nSPS) is 10.2. The van der Waals surface area contributed by atoms with E-state index in [1.165, 1.54) is 12.1 Å². The Morgan fingerprint density at radius 2 is 1.87 bits per heavy atom. The summed E-state index contributed by atoms with van der Waals surface area (Å²) >= 11 is 0. The van der Waals surface area contributed by atoms with Crippen LogP contribution in [0.3, 0.4) is 0 Å². The second-order valence-corrected chi connectivity index (χ2v) is 3.66. The van der Waals surface area contributed by atoms with Crippen molar-refractivity contribution < 1.29 is 40.0 Å². The fourth-order valence-corrected chi connectivity index (χ4v) is 1.45. The molecule has 0 saturated heterocycles. The van der Waals surface area contributed by atoms with Crippen LogP contribution in [0.1, 0.15) is 0 Å². The number of carbonyl (C=O) groups is 1. The van der Waals surface area contributed by atoms with E-state index >= 15 is 0 Å². The maximum Gasteiger partial charge on any atom is 1.00 e. The topological polar surface area (TPSA) is 104 Å². The number of carboxylic acid groups (broad SMARTS) is 1. The SMILES string of the molecule is O=C([O-])Oc1ccccc1S(=O)(=O)O.[Cl+]. The Bertz CT molecular complexity index is 454. The van der Waals surface area contributed by atoms with Gasteiger partial charge in [0.15, 0.2) is 0 Å². The number of hydrogen-bond donors (Lipinski definition) is 1. The highest BCUT2D eigenvalue weighted by atomic mass is 35.5. The fraction of sp³-hybridized carbons (Fsp3) is 0. The van der Waals surface area contributed by atoms with E-state index < -0.39 is 26.9 Å². The number of halogens is 1. The highest BCUT2D eigenvalue weighted by molar-refractivity contribution is 7.86. The van der Waals surface area contributed by atoms with Crippen LogP contribution in [0, 0.1) is 12.4 Å². The fourth-order valence-electron chi connectivity index (χ4n) is 0.837. The van der Waals surface area contributed by atoms with Crippen LogP contribution in [0.2, 0.25) is 0 Å². The van der Waals surface area contributed by atoms with Crippen molar-refractivity contribution in [1.29, 1.82) is 0 Å². The molecule has 8 heteroatoms. The first-order valence-electron chi connectivity index (χ1n) is 3.36. The molecule has 0 aliphatic rings. The first kappa shape index (κ1) is 13.7. The number of para-hydroxylation sites is 1. The predicted molar refractivity (Wildman–Crippen MR) is 42.3 cm³/mol. The van der Waals surface area contributed by atoms with Crippen molar-refractivity contribution in [2.75, 3.05) is 0 Å². The van der Waals surface area contributed by atoms with Gasteiger partial charge in [-0.2, -0.15) is 8.42 Å². The molecule has 0 aromatic heterocycles. The molecule has 0 aliphatic carbocycles. The van der Waals surface area contributed by atoms with Gasteiger partial charge in [0.2, 0.25) is 0 Å². The van der Waals surface area contributed by atoms with Crippen molar-refractivity contribution in [3.8, 4) is 5.75 Å². The Morgan fingerprint density at radius 1 is 1.33 bits per heavy atom. The van der Waals surface area contributed by atoms with Crippen molar-refractivity contribution >= 4 is 16.3 Å².